The Morgan fingerprint density at radius 2 is 2.38 bits per heavy atom. The summed E-state index contributed by atoms with van der Waals surface area (Å²) >= 11 is 0. The Kier molecular flexibility index (Phi) is 3.62. The van der Waals surface area contributed by atoms with Crippen LogP contribution in [0.2, 0.25) is 0 Å². The van der Waals surface area contributed by atoms with Crippen LogP contribution in [0, 0.1) is 18.3 Å². The van der Waals surface area contributed by atoms with Crippen LogP contribution in [0.1, 0.15) is 25.1 Å². The number of pyridine rings is 1. The number of esters is 1. The van der Waals surface area contributed by atoms with Crippen LogP contribution in [0.15, 0.2) is 18.3 Å². The molecule has 1 atom stereocenters. The molecule has 1 unspecified atom stereocenters. The first kappa shape index (κ1) is 12.2. The molecule has 1 aromatic rings. The van der Waals surface area contributed by atoms with Gasteiger partial charge in [0.25, 0.3) is 0 Å². The zero-order valence-electron chi connectivity index (χ0n) is 9.65. The zero-order valence-corrected chi connectivity index (χ0v) is 9.65. The molecular formula is C12H14N2O2. The van der Waals surface area contributed by atoms with Crippen molar-refractivity contribution in [3.8, 4) is 6.07 Å². The van der Waals surface area contributed by atoms with Crippen molar-refractivity contribution in [3.05, 3.63) is 29.6 Å². The predicted molar refractivity (Wildman–Crippen MR) is 58.6 cm³/mol. The van der Waals surface area contributed by atoms with Gasteiger partial charge < -0.3 is 4.74 Å². The fourth-order valence-electron chi connectivity index (χ4n) is 1.36. The van der Waals surface area contributed by atoms with E-state index in [9.17, 15) is 4.79 Å². The number of aryl methyl sites for hydroxylation is 1. The van der Waals surface area contributed by atoms with E-state index in [0.717, 1.165) is 5.69 Å². The maximum atomic E-state index is 11.7. The van der Waals surface area contributed by atoms with Gasteiger partial charge in [-0.2, -0.15) is 5.26 Å². The van der Waals surface area contributed by atoms with Crippen LogP contribution in [-0.4, -0.2) is 17.6 Å². The summed E-state index contributed by atoms with van der Waals surface area (Å²) in [4.78, 5) is 15.8. The lowest BCUT2D eigenvalue weighted by molar-refractivity contribution is -0.147. The predicted octanol–water partition coefficient (Wildman–Crippen LogP) is 1.73. The molecule has 0 saturated carbocycles. The maximum Gasteiger partial charge on any atom is 0.330 e. The lowest BCUT2D eigenvalue weighted by atomic mass is 9.84. The van der Waals surface area contributed by atoms with E-state index in [1.807, 2.05) is 13.0 Å². The van der Waals surface area contributed by atoms with E-state index < -0.39 is 11.4 Å². The summed E-state index contributed by atoms with van der Waals surface area (Å²) < 4.78 is 4.91. The molecule has 0 bridgehead atoms. The Labute approximate surface area is 94.9 Å². The van der Waals surface area contributed by atoms with Crippen LogP contribution < -0.4 is 0 Å². The first-order valence-electron chi connectivity index (χ1n) is 5.06. The molecule has 4 heteroatoms. The van der Waals surface area contributed by atoms with Crippen LogP contribution in [0.3, 0.4) is 0 Å². The molecule has 0 aromatic carbocycles. The van der Waals surface area contributed by atoms with Gasteiger partial charge in [0.1, 0.15) is 0 Å². The van der Waals surface area contributed by atoms with E-state index in [4.69, 9.17) is 10.00 Å². The summed E-state index contributed by atoms with van der Waals surface area (Å²) in [6, 6.07) is 5.39. The third kappa shape index (κ3) is 2.19. The SMILES string of the molecule is CCOC(=O)C(C)(C#N)c1ccnc(C)c1. The molecule has 0 N–H and O–H groups in total. The summed E-state index contributed by atoms with van der Waals surface area (Å²) in [5, 5.41) is 9.16. The van der Waals surface area contributed by atoms with E-state index >= 15 is 0 Å². The summed E-state index contributed by atoms with van der Waals surface area (Å²) in [5.41, 5.74) is 0.119. The largest absolute Gasteiger partial charge is 0.465 e. The van der Waals surface area contributed by atoms with Crippen LogP contribution in [-0.2, 0) is 14.9 Å². The third-order valence-corrected chi connectivity index (χ3v) is 2.38. The van der Waals surface area contributed by atoms with Crippen molar-refractivity contribution in [2.24, 2.45) is 0 Å². The molecule has 0 spiro atoms. The third-order valence-electron chi connectivity index (χ3n) is 2.38. The Morgan fingerprint density at radius 3 is 2.88 bits per heavy atom. The Morgan fingerprint density at radius 1 is 1.69 bits per heavy atom. The molecule has 4 nitrogen and oxygen atoms in total. The second-order valence-corrected chi connectivity index (χ2v) is 3.64. The number of hydrogen-bond donors (Lipinski definition) is 0. The highest BCUT2D eigenvalue weighted by Crippen LogP contribution is 2.24. The van der Waals surface area contributed by atoms with Gasteiger partial charge in [0.15, 0.2) is 5.41 Å². The quantitative estimate of drug-likeness (QED) is 0.725. The Bertz CT molecular complexity index is 437. The molecule has 1 rings (SSSR count). The fraction of sp³-hybridized carbons (Fsp3) is 0.417. The van der Waals surface area contributed by atoms with Gasteiger partial charge in [0.2, 0.25) is 0 Å². The van der Waals surface area contributed by atoms with Gasteiger partial charge in [-0.25, -0.2) is 4.79 Å². The minimum Gasteiger partial charge on any atom is -0.465 e. The van der Waals surface area contributed by atoms with Gasteiger partial charge in [0, 0.05) is 11.9 Å². The number of rotatable bonds is 3. The van der Waals surface area contributed by atoms with Crippen LogP contribution in [0.4, 0.5) is 0 Å². The molecule has 84 valence electrons. The van der Waals surface area contributed by atoms with Crippen LogP contribution in [0.5, 0.6) is 0 Å². The van der Waals surface area contributed by atoms with E-state index in [1.165, 1.54) is 0 Å². The lowest BCUT2D eigenvalue weighted by Gasteiger charge is -2.19. The first-order chi connectivity index (χ1) is 7.54. The highest BCUT2D eigenvalue weighted by atomic mass is 16.5. The molecule has 1 heterocycles. The van der Waals surface area contributed by atoms with Crippen molar-refractivity contribution in [1.29, 1.82) is 5.26 Å². The summed E-state index contributed by atoms with van der Waals surface area (Å²) in [7, 11) is 0. The van der Waals surface area contributed by atoms with Gasteiger partial charge in [-0.3, -0.25) is 4.98 Å². The molecule has 0 fully saturated rings. The number of hydrogen-bond acceptors (Lipinski definition) is 4. The summed E-state index contributed by atoms with van der Waals surface area (Å²) in [5.74, 6) is -0.525. The summed E-state index contributed by atoms with van der Waals surface area (Å²) in [6.07, 6.45) is 1.58. The number of carbonyl (C=O) groups excluding carboxylic acids is 1. The van der Waals surface area contributed by atoms with Gasteiger partial charge in [-0.15, -0.1) is 0 Å². The number of nitrogens with zero attached hydrogens (tertiary/aromatic N) is 2. The molecule has 0 amide bonds. The highest BCUT2D eigenvalue weighted by Gasteiger charge is 2.37. The monoisotopic (exact) mass is 218 g/mol. The number of ether oxygens (including phenoxy) is 1. The molecule has 0 radical (unpaired) electrons. The van der Waals surface area contributed by atoms with E-state index in [1.54, 1.807) is 32.2 Å². The fourth-order valence-corrected chi connectivity index (χ4v) is 1.36. The second-order valence-electron chi connectivity index (χ2n) is 3.64. The average Bonchev–Trinajstić information content (AvgIpc) is 2.28. The van der Waals surface area contributed by atoms with Crippen molar-refractivity contribution < 1.29 is 9.53 Å². The molecule has 1 aromatic heterocycles. The van der Waals surface area contributed by atoms with Crippen LogP contribution >= 0.6 is 0 Å². The molecule has 0 aliphatic rings. The van der Waals surface area contributed by atoms with Crippen LogP contribution in [0.25, 0.3) is 0 Å². The number of aromatic nitrogens is 1. The Balaban J connectivity index is 3.16. The zero-order chi connectivity index (χ0) is 12.2. The smallest absolute Gasteiger partial charge is 0.330 e. The van der Waals surface area contributed by atoms with E-state index in [2.05, 4.69) is 4.98 Å². The number of carbonyl (C=O) groups is 1. The van der Waals surface area contributed by atoms with Crippen molar-refractivity contribution in [3.63, 3.8) is 0 Å². The maximum absolute atomic E-state index is 11.7. The average molecular weight is 218 g/mol. The molecule has 0 aliphatic heterocycles. The minimum atomic E-state index is -1.26. The highest BCUT2D eigenvalue weighted by molar-refractivity contribution is 5.86. The lowest BCUT2D eigenvalue weighted by Crippen LogP contribution is -2.33. The van der Waals surface area contributed by atoms with E-state index in [0.29, 0.717) is 5.56 Å². The first-order valence-corrected chi connectivity index (χ1v) is 5.06. The topological polar surface area (TPSA) is 63.0 Å². The standard InChI is InChI=1S/C12H14N2O2/c1-4-16-11(15)12(3,8-13)10-5-6-14-9(2)7-10/h5-7H,4H2,1-3H3. The van der Waals surface area contributed by atoms with Gasteiger partial charge >= 0.3 is 5.97 Å². The Hall–Kier alpha value is -1.89. The molecule has 16 heavy (non-hydrogen) atoms. The van der Waals surface area contributed by atoms with Crippen molar-refractivity contribution in [2.75, 3.05) is 6.61 Å². The van der Waals surface area contributed by atoms with Crippen molar-refractivity contribution in [2.45, 2.75) is 26.2 Å². The van der Waals surface area contributed by atoms with Gasteiger partial charge in [-0.05, 0) is 38.5 Å². The molecular weight excluding hydrogens is 204 g/mol. The second kappa shape index (κ2) is 4.75. The van der Waals surface area contributed by atoms with Crippen molar-refractivity contribution in [1.82, 2.24) is 4.98 Å². The van der Waals surface area contributed by atoms with Gasteiger partial charge in [0.05, 0.1) is 12.7 Å². The van der Waals surface area contributed by atoms with Crippen molar-refractivity contribution >= 4 is 5.97 Å². The number of nitriles is 1. The minimum absolute atomic E-state index is 0.264. The summed E-state index contributed by atoms with van der Waals surface area (Å²) in [6.45, 7) is 5.35. The van der Waals surface area contributed by atoms with Gasteiger partial charge in [-0.1, -0.05) is 0 Å². The molecule has 0 aliphatic carbocycles. The normalized spacial score (nSPS) is 13.6. The van der Waals surface area contributed by atoms with E-state index in [-0.39, 0.29) is 6.61 Å². The molecule has 0 saturated heterocycles.